The highest BCUT2D eigenvalue weighted by atomic mass is 16.5. The molecule has 1 fully saturated rings. The number of hydrogen-bond acceptors (Lipinski definition) is 5. The first kappa shape index (κ1) is 16.7. The van der Waals surface area contributed by atoms with Gasteiger partial charge in [-0.05, 0) is 25.3 Å². The van der Waals surface area contributed by atoms with Crippen LogP contribution in [0.15, 0.2) is 40.9 Å². The molecule has 2 aromatic rings. The van der Waals surface area contributed by atoms with Crippen molar-refractivity contribution in [1.29, 1.82) is 0 Å². The molecule has 1 aromatic heterocycles. The summed E-state index contributed by atoms with van der Waals surface area (Å²) in [5, 5.41) is 8.74. The first-order chi connectivity index (χ1) is 12.0. The third-order valence-corrected chi connectivity index (χ3v) is 3.87. The van der Waals surface area contributed by atoms with Crippen molar-refractivity contribution in [3.8, 4) is 0 Å². The summed E-state index contributed by atoms with van der Waals surface area (Å²) in [5.41, 5.74) is 1.09. The van der Waals surface area contributed by atoms with Gasteiger partial charge < -0.3 is 15.2 Å². The average Bonchev–Trinajstić information content (AvgIpc) is 3.11. The van der Waals surface area contributed by atoms with Crippen LogP contribution in [0.2, 0.25) is 0 Å². The van der Waals surface area contributed by atoms with Gasteiger partial charge in [-0.1, -0.05) is 35.5 Å². The van der Waals surface area contributed by atoms with E-state index in [1.165, 1.54) is 0 Å². The van der Waals surface area contributed by atoms with Crippen molar-refractivity contribution in [1.82, 2.24) is 15.4 Å². The Bertz CT molecular complexity index is 787. The van der Waals surface area contributed by atoms with Crippen LogP contribution < -0.4 is 10.6 Å². The van der Waals surface area contributed by atoms with Gasteiger partial charge in [0.1, 0.15) is 18.3 Å². The number of aryl methyl sites for hydroxylation is 2. The van der Waals surface area contributed by atoms with E-state index in [-0.39, 0.29) is 12.4 Å². The maximum absolute atomic E-state index is 12.4. The largest absolute Gasteiger partial charge is 0.360 e. The van der Waals surface area contributed by atoms with Gasteiger partial charge in [-0.2, -0.15) is 0 Å². The Balaban J connectivity index is 1.54. The number of benzene rings is 1. The maximum atomic E-state index is 12.4. The zero-order chi connectivity index (χ0) is 17.8. The van der Waals surface area contributed by atoms with Crippen LogP contribution in [-0.4, -0.2) is 40.5 Å². The molecule has 2 N–H and O–H groups in total. The lowest BCUT2D eigenvalue weighted by Crippen LogP contribution is -2.38. The van der Waals surface area contributed by atoms with E-state index in [0.29, 0.717) is 18.6 Å². The van der Waals surface area contributed by atoms with E-state index >= 15 is 0 Å². The highest BCUT2D eigenvalue weighted by molar-refractivity contribution is 6.07. The molecule has 130 valence electrons. The number of carbonyl (C=O) groups excluding carboxylic acids is 3. The van der Waals surface area contributed by atoms with Crippen LogP contribution in [0.3, 0.4) is 0 Å². The molecule has 8 nitrogen and oxygen atoms in total. The maximum Gasteiger partial charge on any atom is 0.325 e. The summed E-state index contributed by atoms with van der Waals surface area (Å²) >= 11 is 0. The van der Waals surface area contributed by atoms with E-state index < -0.39 is 23.9 Å². The van der Waals surface area contributed by atoms with Gasteiger partial charge in [0, 0.05) is 6.07 Å². The van der Waals surface area contributed by atoms with Crippen molar-refractivity contribution in [2.75, 3.05) is 11.9 Å². The summed E-state index contributed by atoms with van der Waals surface area (Å²) in [6.07, 6.45) is 1.14. The van der Waals surface area contributed by atoms with E-state index in [9.17, 15) is 14.4 Å². The van der Waals surface area contributed by atoms with Crippen molar-refractivity contribution >= 4 is 23.7 Å². The van der Waals surface area contributed by atoms with Crippen LogP contribution in [0.25, 0.3) is 0 Å². The number of rotatable bonds is 6. The predicted molar refractivity (Wildman–Crippen MR) is 88.7 cm³/mol. The molecule has 0 bridgehead atoms. The van der Waals surface area contributed by atoms with Gasteiger partial charge in [0.15, 0.2) is 5.82 Å². The number of aromatic nitrogens is 1. The standard InChI is InChI=1S/C17H18N4O4/c1-11-9-14(20-25-11)19-15(22)10-21-16(23)13(18-17(21)24)8-7-12-5-3-2-4-6-12/h2-6,9,13H,7-8,10H2,1H3,(H,18,24)(H,19,20,22)/t13-/m1/s1. The number of nitrogens with one attached hydrogen (secondary N) is 2. The molecule has 1 aliphatic heterocycles. The summed E-state index contributed by atoms with van der Waals surface area (Å²) < 4.78 is 4.84. The third kappa shape index (κ3) is 4.03. The van der Waals surface area contributed by atoms with Gasteiger partial charge in [-0.3, -0.25) is 14.5 Å². The molecule has 1 saturated heterocycles. The minimum atomic E-state index is -0.616. The van der Waals surface area contributed by atoms with Crippen molar-refractivity contribution in [2.45, 2.75) is 25.8 Å². The minimum absolute atomic E-state index is 0.246. The predicted octanol–water partition coefficient (Wildman–Crippen LogP) is 1.47. The van der Waals surface area contributed by atoms with E-state index in [4.69, 9.17) is 4.52 Å². The highest BCUT2D eigenvalue weighted by Crippen LogP contribution is 2.13. The fraction of sp³-hybridized carbons (Fsp3) is 0.294. The number of imide groups is 1. The fourth-order valence-electron chi connectivity index (χ4n) is 2.63. The molecular weight excluding hydrogens is 324 g/mol. The van der Waals surface area contributed by atoms with Gasteiger partial charge in [0.2, 0.25) is 5.91 Å². The highest BCUT2D eigenvalue weighted by Gasteiger charge is 2.38. The smallest absolute Gasteiger partial charge is 0.325 e. The van der Waals surface area contributed by atoms with Crippen LogP contribution in [0.4, 0.5) is 10.6 Å². The molecule has 0 saturated carbocycles. The van der Waals surface area contributed by atoms with Crippen LogP contribution in [0.1, 0.15) is 17.7 Å². The van der Waals surface area contributed by atoms with Crippen molar-refractivity contribution in [3.63, 3.8) is 0 Å². The quantitative estimate of drug-likeness (QED) is 0.774. The topological polar surface area (TPSA) is 105 Å². The van der Waals surface area contributed by atoms with Crippen molar-refractivity contribution in [2.24, 2.45) is 0 Å². The van der Waals surface area contributed by atoms with Gasteiger partial charge >= 0.3 is 6.03 Å². The SMILES string of the molecule is Cc1cc(NC(=O)CN2C(=O)N[C@H](CCc3ccccc3)C2=O)no1. The molecule has 3 rings (SSSR count). The Morgan fingerprint density at radius 1 is 1.32 bits per heavy atom. The Hall–Kier alpha value is -3.16. The number of carbonyl (C=O) groups is 3. The molecule has 0 spiro atoms. The van der Waals surface area contributed by atoms with E-state index in [1.807, 2.05) is 30.3 Å². The molecule has 4 amide bonds. The molecule has 25 heavy (non-hydrogen) atoms. The number of hydrogen-bond donors (Lipinski definition) is 2. The summed E-state index contributed by atoms with van der Waals surface area (Å²) in [6, 6.07) is 10.1. The summed E-state index contributed by atoms with van der Waals surface area (Å²) in [6.45, 7) is 1.33. The van der Waals surface area contributed by atoms with Gasteiger partial charge in [0.05, 0.1) is 0 Å². The lowest BCUT2D eigenvalue weighted by molar-refractivity contribution is -0.130. The molecule has 0 unspecified atom stereocenters. The second kappa shape index (κ2) is 7.16. The second-order valence-electron chi connectivity index (χ2n) is 5.82. The Morgan fingerprint density at radius 2 is 2.08 bits per heavy atom. The zero-order valence-electron chi connectivity index (χ0n) is 13.7. The Labute approximate surface area is 144 Å². The summed E-state index contributed by atoms with van der Waals surface area (Å²) in [5.74, 6) is -0.116. The molecule has 0 aliphatic carbocycles. The molecule has 1 aliphatic rings. The number of urea groups is 1. The van der Waals surface area contributed by atoms with Crippen LogP contribution in [-0.2, 0) is 16.0 Å². The van der Waals surface area contributed by atoms with E-state index in [1.54, 1.807) is 13.0 Å². The van der Waals surface area contributed by atoms with Gasteiger partial charge in [-0.15, -0.1) is 0 Å². The Kier molecular flexibility index (Phi) is 4.78. The fourth-order valence-corrected chi connectivity index (χ4v) is 2.63. The lowest BCUT2D eigenvalue weighted by Gasteiger charge is -2.12. The molecule has 1 atom stereocenters. The summed E-state index contributed by atoms with van der Waals surface area (Å²) in [4.78, 5) is 37.2. The first-order valence-electron chi connectivity index (χ1n) is 7.92. The van der Waals surface area contributed by atoms with Crippen LogP contribution in [0, 0.1) is 6.92 Å². The van der Waals surface area contributed by atoms with Crippen LogP contribution in [0.5, 0.6) is 0 Å². The molecular formula is C17H18N4O4. The molecule has 8 heteroatoms. The zero-order valence-corrected chi connectivity index (χ0v) is 13.7. The Morgan fingerprint density at radius 3 is 2.76 bits per heavy atom. The number of nitrogens with zero attached hydrogens (tertiary/aromatic N) is 2. The molecule has 0 radical (unpaired) electrons. The summed E-state index contributed by atoms with van der Waals surface area (Å²) in [7, 11) is 0. The molecule has 2 heterocycles. The van der Waals surface area contributed by atoms with E-state index in [2.05, 4.69) is 15.8 Å². The van der Waals surface area contributed by atoms with Crippen molar-refractivity contribution < 1.29 is 18.9 Å². The molecule has 1 aromatic carbocycles. The van der Waals surface area contributed by atoms with E-state index in [0.717, 1.165) is 10.5 Å². The number of amides is 4. The first-order valence-corrected chi connectivity index (χ1v) is 7.92. The monoisotopic (exact) mass is 342 g/mol. The average molecular weight is 342 g/mol. The second-order valence-corrected chi connectivity index (χ2v) is 5.82. The van der Waals surface area contributed by atoms with Crippen molar-refractivity contribution in [3.05, 3.63) is 47.7 Å². The van der Waals surface area contributed by atoms with Crippen LogP contribution >= 0.6 is 0 Å². The lowest BCUT2D eigenvalue weighted by atomic mass is 10.1. The third-order valence-electron chi connectivity index (χ3n) is 3.87. The normalized spacial score (nSPS) is 16.8. The minimum Gasteiger partial charge on any atom is -0.360 e. The van der Waals surface area contributed by atoms with Gasteiger partial charge in [-0.25, -0.2) is 4.79 Å². The number of anilines is 1. The van der Waals surface area contributed by atoms with Gasteiger partial charge in [0.25, 0.3) is 5.91 Å².